The van der Waals surface area contributed by atoms with Crippen molar-refractivity contribution < 1.29 is 4.52 Å². The van der Waals surface area contributed by atoms with Crippen molar-refractivity contribution in [3.8, 4) is 17.5 Å². The Morgan fingerprint density at radius 2 is 2.06 bits per heavy atom. The molecule has 1 aromatic heterocycles. The van der Waals surface area contributed by atoms with Crippen LogP contribution in [0.3, 0.4) is 0 Å². The standard InChI is InChI=1S/C13H10IN3O/c14-10-3-1-9(2-4-10)12-16-11(18-17-12)7-13(8-15)5-6-13/h1-4H,5-7H2. The van der Waals surface area contributed by atoms with E-state index in [1.807, 2.05) is 24.3 Å². The highest BCUT2D eigenvalue weighted by atomic mass is 127. The number of nitriles is 1. The second-order valence-corrected chi connectivity index (χ2v) is 5.83. The van der Waals surface area contributed by atoms with Crippen LogP contribution in [0.4, 0.5) is 0 Å². The molecule has 2 aromatic rings. The number of aromatic nitrogens is 2. The fourth-order valence-electron chi connectivity index (χ4n) is 1.81. The highest BCUT2D eigenvalue weighted by Gasteiger charge is 2.44. The highest BCUT2D eigenvalue weighted by molar-refractivity contribution is 14.1. The zero-order chi connectivity index (χ0) is 12.6. The molecule has 0 N–H and O–H groups in total. The first-order chi connectivity index (χ1) is 8.71. The quantitative estimate of drug-likeness (QED) is 0.797. The molecule has 0 unspecified atom stereocenters. The molecule has 0 saturated heterocycles. The summed E-state index contributed by atoms with van der Waals surface area (Å²) in [6, 6.07) is 10.3. The van der Waals surface area contributed by atoms with Gasteiger partial charge in [-0.15, -0.1) is 0 Å². The first-order valence-electron chi connectivity index (χ1n) is 5.71. The third kappa shape index (κ3) is 2.25. The number of benzene rings is 1. The predicted octanol–water partition coefficient (Wildman–Crippen LogP) is 3.19. The third-order valence-corrected chi connectivity index (χ3v) is 3.87. The molecule has 0 bridgehead atoms. The molecule has 1 saturated carbocycles. The van der Waals surface area contributed by atoms with Crippen molar-refractivity contribution in [1.82, 2.24) is 10.1 Å². The van der Waals surface area contributed by atoms with Gasteiger partial charge in [0.1, 0.15) is 0 Å². The van der Waals surface area contributed by atoms with Crippen LogP contribution in [0.2, 0.25) is 0 Å². The second-order valence-electron chi connectivity index (χ2n) is 4.59. The molecular formula is C13H10IN3O. The molecule has 1 aromatic carbocycles. The maximum Gasteiger partial charge on any atom is 0.228 e. The zero-order valence-corrected chi connectivity index (χ0v) is 11.7. The normalized spacial score (nSPS) is 16.2. The van der Waals surface area contributed by atoms with Crippen LogP contribution in [-0.2, 0) is 6.42 Å². The topological polar surface area (TPSA) is 62.7 Å². The van der Waals surface area contributed by atoms with E-state index < -0.39 is 0 Å². The van der Waals surface area contributed by atoms with E-state index >= 15 is 0 Å². The van der Waals surface area contributed by atoms with Crippen molar-refractivity contribution in [1.29, 1.82) is 5.26 Å². The zero-order valence-electron chi connectivity index (χ0n) is 9.56. The van der Waals surface area contributed by atoms with Gasteiger partial charge in [-0.2, -0.15) is 10.2 Å². The molecule has 1 fully saturated rings. The lowest BCUT2D eigenvalue weighted by molar-refractivity contribution is 0.363. The van der Waals surface area contributed by atoms with E-state index in [1.54, 1.807) is 0 Å². The number of hydrogen-bond donors (Lipinski definition) is 0. The molecule has 1 aliphatic carbocycles. The van der Waals surface area contributed by atoms with Crippen molar-refractivity contribution in [2.24, 2.45) is 5.41 Å². The lowest BCUT2D eigenvalue weighted by Gasteiger charge is -1.97. The van der Waals surface area contributed by atoms with Crippen LogP contribution in [0, 0.1) is 20.3 Å². The Bertz CT molecular complexity index is 608. The molecule has 0 atom stereocenters. The summed E-state index contributed by atoms with van der Waals surface area (Å²) in [5.74, 6) is 1.15. The summed E-state index contributed by atoms with van der Waals surface area (Å²) in [6.45, 7) is 0. The fraction of sp³-hybridized carbons (Fsp3) is 0.308. The Labute approximate surface area is 118 Å². The van der Waals surface area contributed by atoms with Crippen LogP contribution in [0.5, 0.6) is 0 Å². The summed E-state index contributed by atoms with van der Waals surface area (Å²) >= 11 is 2.25. The van der Waals surface area contributed by atoms with Crippen molar-refractivity contribution in [3.63, 3.8) is 0 Å². The van der Waals surface area contributed by atoms with Crippen LogP contribution in [0.25, 0.3) is 11.4 Å². The molecule has 0 aliphatic heterocycles. The average molecular weight is 351 g/mol. The van der Waals surface area contributed by atoms with E-state index in [2.05, 4.69) is 38.8 Å². The van der Waals surface area contributed by atoms with Crippen molar-refractivity contribution >= 4 is 22.6 Å². The van der Waals surface area contributed by atoms with Crippen molar-refractivity contribution in [2.75, 3.05) is 0 Å². The molecule has 0 amide bonds. The molecular weight excluding hydrogens is 341 g/mol. The van der Waals surface area contributed by atoms with Gasteiger partial charge in [0.2, 0.25) is 11.7 Å². The SMILES string of the molecule is N#CC1(Cc2nc(-c3ccc(I)cc3)no2)CC1. The van der Waals surface area contributed by atoms with E-state index in [4.69, 9.17) is 9.78 Å². The Morgan fingerprint density at radius 1 is 1.33 bits per heavy atom. The summed E-state index contributed by atoms with van der Waals surface area (Å²) in [5, 5.41) is 13.0. The predicted molar refractivity (Wildman–Crippen MR) is 73.4 cm³/mol. The summed E-state index contributed by atoms with van der Waals surface area (Å²) < 4.78 is 6.38. The van der Waals surface area contributed by atoms with E-state index in [9.17, 15) is 0 Å². The van der Waals surface area contributed by atoms with Gasteiger partial charge in [-0.25, -0.2) is 0 Å². The smallest absolute Gasteiger partial charge is 0.228 e. The van der Waals surface area contributed by atoms with E-state index in [1.165, 1.54) is 3.57 Å². The summed E-state index contributed by atoms with van der Waals surface area (Å²) in [4.78, 5) is 4.35. The highest BCUT2D eigenvalue weighted by Crippen LogP contribution is 2.47. The molecule has 1 heterocycles. The summed E-state index contributed by atoms with van der Waals surface area (Å²) in [7, 11) is 0. The lowest BCUT2D eigenvalue weighted by atomic mass is 10.1. The molecule has 0 spiro atoms. The molecule has 18 heavy (non-hydrogen) atoms. The molecule has 0 radical (unpaired) electrons. The Morgan fingerprint density at radius 3 is 2.67 bits per heavy atom. The van der Waals surface area contributed by atoms with Gasteiger partial charge in [-0.1, -0.05) is 17.3 Å². The van der Waals surface area contributed by atoms with E-state index in [0.29, 0.717) is 18.1 Å². The number of rotatable bonds is 3. The minimum Gasteiger partial charge on any atom is -0.339 e. The van der Waals surface area contributed by atoms with Gasteiger partial charge in [-0.3, -0.25) is 0 Å². The van der Waals surface area contributed by atoms with Crippen LogP contribution in [0.15, 0.2) is 28.8 Å². The van der Waals surface area contributed by atoms with Crippen molar-refractivity contribution in [3.05, 3.63) is 33.7 Å². The first-order valence-corrected chi connectivity index (χ1v) is 6.78. The average Bonchev–Trinajstić information content (AvgIpc) is 3.00. The lowest BCUT2D eigenvalue weighted by Crippen LogP contribution is -2.01. The van der Waals surface area contributed by atoms with Gasteiger partial charge in [0.25, 0.3) is 0 Å². The van der Waals surface area contributed by atoms with Gasteiger partial charge in [0.05, 0.1) is 11.5 Å². The molecule has 90 valence electrons. The third-order valence-electron chi connectivity index (χ3n) is 3.15. The van der Waals surface area contributed by atoms with Gasteiger partial charge >= 0.3 is 0 Å². The van der Waals surface area contributed by atoms with Gasteiger partial charge < -0.3 is 4.52 Å². The largest absolute Gasteiger partial charge is 0.339 e. The molecule has 1 aliphatic rings. The van der Waals surface area contributed by atoms with Crippen molar-refractivity contribution in [2.45, 2.75) is 19.3 Å². The first kappa shape index (κ1) is 11.7. The number of halogens is 1. The van der Waals surface area contributed by atoms with Crippen LogP contribution < -0.4 is 0 Å². The minimum atomic E-state index is -0.240. The van der Waals surface area contributed by atoms with Gasteiger partial charge in [0, 0.05) is 15.6 Å². The summed E-state index contributed by atoms with van der Waals surface area (Å²) in [5.41, 5.74) is 0.697. The maximum absolute atomic E-state index is 9.03. The van der Waals surface area contributed by atoms with E-state index in [0.717, 1.165) is 18.4 Å². The Hall–Kier alpha value is -1.42. The van der Waals surface area contributed by atoms with Gasteiger partial charge in [0.15, 0.2) is 0 Å². The minimum absolute atomic E-state index is 0.240. The number of nitrogens with zero attached hydrogens (tertiary/aromatic N) is 3. The Balaban J connectivity index is 1.81. The van der Waals surface area contributed by atoms with Crippen LogP contribution >= 0.6 is 22.6 Å². The van der Waals surface area contributed by atoms with Gasteiger partial charge in [-0.05, 0) is 47.6 Å². The van der Waals surface area contributed by atoms with Crippen LogP contribution in [-0.4, -0.2) is 10.1 Å². The molecule has 4 nitrogen and oxygen atoms in total. The summed E-state index contributed by atoms with van der Waals surface area (Å²) in [6.07, 6.45) is 2.44. The van der Waals surface area contributed by atoms with E-state index in [-0.39, 0.29) is 5.41 Å². The second kappa shape index (κ2) is 4.35. The maximum atomic E-state index is 9.03. The monoisotopic (exact) mass is 351 g/mol. The fourth-order valence-corrected chi connectivity index (χ4v) is 2.17. The Kier molecular flexibility index (Phi) is 2.82. The number of hydrogen-bond acceptors (Lipinski definition) is 4. The molecule has 5 heteroatoms. The molecule has 3 rings (SSSR count). The van der Waals surface area contributed by atoms with Crippen LogP contribution in [0.1, 0.15) is 18.7 Å².